The van der Waals surface area contributed by atoms with Crippen molar-refractivity contribution < 1.29 is 28.8 Å². The number of esters is 1. The number of thioether (sulfide) groups is 1. The number of amides is 3. The Labute approximate surface area is 246 Å². The standard InChI is InChI=1S/C28H21N5O7S2/c29-18-4-2-6-21(12-18)42-23-13-25(35)32(26(23)36)19-9-7-16(8-10-19)27(37)40-14-24(34)31-28-30-22(15-41-28)17-3-1-5-20(11-17)33(38)39/h1-12,15,23H,13-14,29H2,(H,30,31,34). The molecule has 0 aliphatic carbocycles. The van der Waals surface area contributed by atoms with Gasteiger partial charge in [0.15, 0.2) is 11.7 Å². The number of nitrogens with two attached hydrogens (primary N) is 1. The molecular weight excluding hydrogens is 582 g/mol. The molecule has 212 valence electrons. The number of nitro benzene ring substituents is 1. The van der Waals surface area contributed by atoms with Crippen LogP contribution in [0.25, 0.3) is 11.3 Å². The fourth-order valence-corrected chi connectivity index (χ4v) is 5.94. The summed E-state index contributed by atoms with van der Waals surface area (Å²) in [6.45, 7) is -0.585. The van der Waals surface area contributed by atoms with Gasteiger partial charge in [-0.05, 0) is 42.5 Å². The SMILES string of the molecule is Nc1cccc(SC2CC(=O)N(c3ccc(C(=O)OCC(=O)Nc4nc(-c5cccc([N+](=O)[O-])c5)cs4)cc3)C2=O)c1. The van der Waals surface area contributed by atoms with E-state index in [1.807, 2.05) is 6.07 Å². The first-order chi connectivity index (χ1) is 20.2. The minimum Gasteiger partial charge on any atom is -0.452 e. The predicted molar refractivity (Wildman–Crippen MR) is 157 cm³/mol. The number of imide groups is 1. The lowest BCUT2D eigenvalue weighted by atomic mass is 10.1. The Balaban J connectivity index is 1.14. The second-order valence-corrected chi connectivity index (χ2v) is 11.1. The molecule has 3 aromatic carbocycles. The molecular formula is C28H21N5O7S2. The molecule has 1 aromatic heterocycles. The van der Waals surface area contributed by atoms with Gasteiger partial charge in [-0.2, -0.15) is 0 Å². The predicted octanol–water partition coefficient (Wildman–Crippen LogP) is 4.52. The number of benzene rings is 3. The van der Waals surface area contributed by atoms with E-state index >= 15 is 0 Å². The van der Waals surface area contributed by atoms with E-state index in [2.05, 4.69) is 10.3 Å². The number of hydrogen-bond acceptors (Lipinski definition) is 11. The molecule has 2 heterocycles. The molecule has 5 rings (SSSR count). The second-order valence-electron chi connectivity index (χ2n) is 8.97. The maximum Gasteiger partial charge on any atom is 0.338 e. The Kier molecular flexibility index (Phi) is 8.26. The summed E-state index contributed by atoms with van der Waals surface area (Å²) >= 11 is 2.38. The minimum absolute atomic E-state index is 0.0308. The van der Waals surface area contributed by atoms with Gasteiger partial charge >= 0.3 is 5.97 Å². The number of non-ortho nitro benzene ring substituents is 1. The van der Waals surface area contributed by atoms with Crippen molar-refractivity contribution >= 4 is 69.0 Å². The summed E-state index contributed by atoms with van der Waals surface area (Å²) in [5, 5.41) is 14.8. The molecule has 0 bridgehead atoms. The fourth-order valence-electron chi connectivity index (χ4n) is 4.08. The van der Waals surface area contributed by atoms with E-state index in [0.717, 1.165) is 21.1 Å². The molecule has 42 heavy (non-hydrogen) atoms. The van der Waals surface area contributed by atoms with E-state index in [9.17, 15) is 29.3 Å². The van der Waals surface area contributed by atoms with E-state index in [4.69, 9.17) is 10.5 Å². The van der Waals surface area contributed by atoms with Gasteiger partial charge in [0, 0.05) is 40.1 Å². The van der Waals surface area contributed by atoms with Crippen LogP contribution < -0.4 is 16.0 Å². The molecule has 0 saturated carbocycles. The molecule has 3 N–H and O–H groups in total. The first kappa shape index (κ1) is 28.4. The summed E-state index contributed by atoms with van der Waals surface area (Å²) in [5.41, 5.74) is 7.68. The highest BCUT2D eigenvalue weighted by atomic mass is 32.2. The number of carbonyl (C=O) groups is 4. The summed E-state index contributed by atoms with van der Waals surface area (Å²) < 4.78 is 5.09. The third-order valence-corrected chi connectivity index (χ3v) is 7.98. The quantitative estimate of drug-likeness (QED) is 0.0910. The molecule has 4 aromatic rings. The zero-order valence-corrected chi connectivity index (χ0v) is 23.2. The van der Waals surface area contributed by atoms with E-state index in [-0.39, 0.29) is 34.6 Å². The fraction of sp³-hybridized carbons (Fsp3) is 0.107. The monoisotopic (exact) mass is 603 g/mol. The molecule has 1 unspecified atom stereocenters. The number of rotatable bonds is 9. The average molecular weight is 604 g/mol. The maximum absolute atomic E-state index is 13.0. The number of carbonyl (C=O) groups excluding carboxylic acids is 4. The lowest BCUT2D eigenvalue weighted by Crippen LogP contribution is -2.31. The smallest absolute Gasteiger partial charge is 0.338 e. The van der Waals surface area contributed by atoms with Crippen molar-refractivity contribution in [3.63, 3.8) is 0 Å². The third-order valence-electron chi connectivity index (χ3n) is 6.04. The first-order valence-corrected chi connectivity index (χ1v) is 14.1. The van der Waals surface area contributed by atoms with Crippen LogP contribution in [-0.2, 0) is 19.1 Å². The maximum atomic E-state index is 13.0. The Morgan fingerprint density at radius 2 is 1.88 bits per heavy atom. The normalized spacial score (nSPS) is 14.6. The van der Waals surface area contributed by atoms with Crippen LogP contribution >= 0.6 is 23.1 Å². The Hall–Kier alpha value is -5.08. The van der Waals surface area contributed by atoms with Gasteiger partial charge in [0.2, 0.25) is 11.8 Å². The first-order valence-electron chi connectivity index (χ1n) is 12.3. The van der Waals surface area contributed by atoms with E-state index < -0.39 is 28.7 Å². The third kappa shape index (κ3) is 6.45. The molecule has 3 amide bonds. The highest BCUT2D eigenvalue weighted by molar-refractivity contribution is 8.00. The van der Waals surface area contributed by atoms with Crippen LogP contribution in [-0.4, -0.2) is 45.5 Å². The minimum atomic E-state index is -0.776. The van der Waals surface area contributed by atoms with Gasteiger partial charge in [-0.15, -0.1) is 23.1 Å². The number of nitrogens with zero attached hydrogens (tertiary/aromatic N) is 3. The highest BCUT2D eigenvalue weighted by Crippen LogP contribution is 2.34. The zero-order chi connectivity index (χ0) is 29.8. The lowest BCUT2D eigenvalue weighted by Gasteiger charge is -2.15. The molecule has 1 atom stereocenters. The van der Waals surface area contributed by atoms with Crippen LogP contribution in [0.15, 0.2) is 83.1 Å². The summed E-state index contributed by atoms with van der Waals surface area (Å²) in [6.07, 6.45) is 0.0308. The van der Waals surface area contributed by atoms with Crippen molar-refractivity contribution in [3.05, 3.63) is 93.9 Å². The number of anilines is 3. The Morgan fingerprint density at radius 1 is 1.12 bits per heavy atom. The Bertz CT molecular complexity index is 1710. The van der Waals surface area contributed by atoms with E-state index in [1.165, 1.54) is 54.2 Å². The van der Waals surface area contributed by atoms with Crippen LogP contribution in [0.3, 0.4) is 0 Å². The number of nitrogen functional groups attached to an aromatic ring is 1. The van der Waals surface area contributed by atoms with Crippen LogP contribution in [0.1, 0.15) is 16.8 Å². The number of nitrogens with one attached hydrogen (secondary N) is 1. The summed E-state index contributed by atoms with van der Waals surface area (Å²) in [7, 11) is 0. The average Bonchev–Trinajstić information content (AvgIpc) is 3.55. The highest BCUT2D eigenvalue weighted by Gasteiger charge is 2.40. The van der Waals surface area contributed by atoms with Crippen molar-refractivity contribution in [2.24, 2.45) is 0 Å². The number of ether oxygens (including phenoxy) is 1. The lowest BCUT2D eigenvalue weighted by molar-refractivity contribution is -0.384. The van der Waals surface area contributed by atoms with Crippen molar-refractivity contribution in [2.75, 3.05) is 22.6 Å². The number of aromatic nitrogens is 1. The molecule has 1 aliphatic rings. The van der Waals surface area contributed by atoms with Gasteiger partial charge in [-0.3, -0.25) is 29.8 Å². The Morgan fingerprint density at radius 3 is 2.62 bits per heavy atom. The number of nitro groups is 1. The van der Waals surface area contributed by atoms with E-state index in [0.29, 0.717) is 22.6 Å². The van der Waals surface area contributed by atoms with Gasteiger partial charge in [0.25, 0.3) is 11.6 Å². The van der Waals surface area contributed by atoms with Crippen LogP contribution in [0, 0.1) is 10.1 Å². The second kappa shape index (κ2) is 12.2. The van der Waals surface area contributed by atoms with Crippen LogP contribution in [0.5, 0.6) is 0 Å². The van der Waals surface area contributed by atoms with Gasteiger partial charge in [0.05, 0.1) is 27.1 Å². The van der Waals surface area contributed by atoms with Crippen LogP contribution in [0.4, 0.5) is 22.2 Å². The molecule has 0 spiro atoms. The summed E-state index contributed by atoms with van der Waals surface area (Å²) in [6, 6.07) is 18.7. The topological polar surface area (TPSA) is 175 Å². The number of thiazole rings is 1. The van der Waals surface area contributed by atoms with Crippen LogP contribution in [0.2, 0.25) is 0 Å². The zero-order valence-electron chi connectivity index (χ0n) is 21.6. The molecule has 12 nitrogen and oxygen atoms in total. The van der Waals surface area contributed by atoms with Gasteiger partial charge in [-0.1, -0.05) is 18.2 Å². The summed E-state index contributed by atoms with van der Waals surface area (Å²) in [4.78, 5) is 67.0. The summed E-state index contributed by atoms with van der Waals surface area (Å²) in [5.74, 6) is -2.13. The number of hydrogen-bond donors (Lipinski definition) is 2. The van der Waals surface area contributed by atoms with Crippen molar-refractivity contribution in [2.45, 2.75) is 16.6 Å². The van der Waals surface area contributed by atoms with Gasteiger partial charge in [0.1, 0.15) is 0 Å². The van der Waals surface area contributed by atoms with Crippen molar-refractivity contribution in [3.8, 4) is 11.3 Å². The molecule has 1 aliphatic heterocycles. The van der Waals surface area contributed by atoms with Crippen molar-refractivity contribution in [1.82, 2.24) is 4.98 Å². The van der Waals surface area contributed by atoms with Gasteiger partial charge in [-0.25, -0.2) is 14.7 Å². The van der Waals surface area contributed by atoms with Crippen molar-refractivity contribution in [1.29, 1.82) is 0 Å². The molecule has 14 heteroatoms. The molecule has 1 saturated heterocycles. The van der Waals surface area contributed by atoms with Gasteiger partial charge < -0.3 is 10.5 Å². The molecule has 0 radical (unpaired) electrons. The molecule has 1 fully saturated rings. The van der Waals surface area contributed by atoms with E-state index in [1.54, 1.807) is 29.6 Å². The largest absolute Gasteiger partial charge is 0.452 e.